The van der Waals surface area contributed by atoms with Crippen molar-refractivity contribution in [2.45, 2.75) is 19.9 Å². The van der Waals surface area contributed by atoms with Crippen molar-refractivity contribution >= 4 is 5.82 Å². The number of benzene rings is 1. The molecule has 3 nitrogen and oxygen atoms in total. The largest absolute Gasteiger partial charge is 0.353 e. The Morgan fingerprint density at radius 2 is 2.00 bits per heavy atom. The summed E-state index contributed by atoms with van der Waals surface area (Å²) in [4.78, 5) is 6.28. The van der Waals surface area contributed by atoms with Crippen molar-refractivity contribution in [3.63, 3.8) is 0 Å². The monoisotopic (exact) mass is 269 g/mol. The molecule has 0 amide bonds. The van der Waals surface area contributed by atoms with Crippen LogP contribution in [-0.4, -0.2) is 12.0 Å². The molecule has 1 unspecified atom stereocenters. The maximum Gasteiger partial charge on any atom is 0.130 e. The Morgan fingerprint density at radius 3 is 2.65 bits per heavy atom. The molecular formula is C16H16FN3. The van der Waals surface area contributed by atoms with Gasteiger partial charge in [-0.1, -0.05) is 18.2 Å². The van der Waals surface area contributed by atoms with E-state index in [2.05, 4.69) is 11.1 Å². The molecule has 1 aromatic carbocycles. The van der Waals surface area contributed by atoms with Crippen molar-refractivity contribution in [1.29, 1.82) is 5.26 Å². The highest BCUT2D eigenvalue weighted by Gasteiger charge is 2.17. The Kier molecular flexibility index (Phi) is 3.99. The first-order valence-corrected chi connectivity index (χ1v) is 6.39. The summed E-state index contributed by atoms with van der Waals surface area (Å²) in [6, 6.07) is 12.1. The lowest BCUT2D eigenvalue weighted by molar-refractivity contribution is 0.584. The van der Waals surface area contributed by atoms with E-state index < -0.39 is 0 Å². The van der Waals surface area contributed by atoms with Gasteiger partial charge >= 0.3 is 0 Å². The first kappa shape index (κ1) is 14.0. The van der Waals surface area contributed by atoms with Gasteiger partial charge in [0.1, 0.15) is 11.6 Å². The molecule has 0 bridgehead atoms. The first-order chi connectivity index (χ1) is 9.52. The lowest BCUT2D eigenvalue weighted by Gasteiger charge is -2.27. The van der Waals surface area contributed by atoms with Crippen LogP contribution in [0.15, 0.2) is 36.4 Å². The number of hydrogen-bond donors (Lipinski definition) is 0. The summed E-state index contributed by atoms with van der Waals surface area (Å²) in [5.74, 6) is 0.428. The molecule has 1 atom stereocenters. The molecule has 0 saturated carbocycles. The minimum Gasteiger partial charge on any atom is -0.353 e. The SMILES string of the molecule is Cc1cc(C#N)cc(N(C)C(C)c2ccccc2F)n1. The zero-order valence-electron chi connectivity index (χ0n) is 11.8. The number of pyridine rings is 1. The summed E-state index contributed by atoms with van der Waals surface area (Å²) >= 11 is 0. The molecule has 0 fully saturated rings. The summed E-state index contributed by atoms with van der Waals surface area (Å²) in [5.41, 5.74) is 1.93. The van der Waals surface area contributed by atoms with E-state index in [9.17, 15) is 4.39 Å². The van der Waals surface area contributed by atoms with Gasteiger partial charge in [-0.25, -0.2) is 9.37 Å². The van der Waals surface area contributed by atoms with Crippen molar-refractivity contribution in [3.05, 3.63) is 59.0 Å². The maximum atomic E-state index is 13.8. The second kappa shape index (κ2) is 5.70. The Labute approximate surface area is 118 Å². The molecule has 0 spiro atoms. The van der Waals surface area contributed by atoms with E-state index in [1.165, 1.54) is 6.07 Å². The molecule has 0 saturated heterocycles. The Hall–Kier alpha value is -2.41. The van der Waals surface area contributed by atoms with Gasteiger partial charge in [-0.3, -0.25) is 0 Å². The molecule has 0 radical (unpaired) electrons. The molecule has 0 N–H and O–H groups in total. The van der Waals surface area contributed by atoms with Crippen LogP contribution in [0.5, 0.6) is 0 Å². The number of aromatic nitrogens is 1. The normalized spacial score (nSPS) is 11.8. The second-order valence-corrected chi connectivity index (χ2v) is 4.78. The average molecular weight is 269 g/mol. The summed E-state index contributed by atoms with van der Waals surface area (Å²) in [7, 11) is 1.85. The van der Waals surface area contributed by atoms with E-state index in [0.29, 0.717) is 16.9 Å². The van der Waals surface area contributed by atoms with E-state index in [0.717, 1.165) is 5.69 Å². The van der Waals surface area contributed by atoms with Gasteiger partial charge in [-0.15, -0.1) is 0 Å². The van der Waals surface area contributed by atoms with Crippen molar-refractivity contribution in [2.75, 3.05) is 11.9 Å². The number of rotatable bonds is 3. The van der Waals surface area contributed by atoms with Gasteiger partial charge in [0.05, 0.1) is 17.7 Å². The minimum absolute atomic E-state index is 0.169. The second-order valence-electron chi connectivity index (χ2n) is 4.78. The highest BCUT2D eigenvalue weighted by molar-refractivity contribution is 5.48. The molecule has 0 aliphatic heterocycles. The van der Waals surface area contributed by atoms with Crippen LogP contribution in [0.3, 0.4) is 0 Å². The van der Waals surface area contributed by atoms with E-state index in [1.54, 1.807) is 24.3 Å². The highest BCUT2D eigenvalue weighted by Crippen LogP contribution is 2.26. The molecule has 102 valence electrons. The Balaban J connectivity index is 2.36. The number of nitriles is 1. The fourth-order valence-corrected chi connectivity index (χ4v) is 2.12. The molecule has 1 aromatic heterocycles. The molecule has 1 heterocycles. The summed E-state index contributed by atoms with van der Waals surface area (Å²) in [5, 5.41) is 9.01. The van der Waals surface area contributed by atoms with Gasteiger partial charge in [-0.05, 0) is 32.0 Å². The van der Waals surface area contributed by atoms with E-state index >= 15 is 0 Å². The first-order valence-electron chi connectivity index (χ1n) is 6.39. The third kappa shape index (κ3) is 2.77. The standard InChI is InChI=1S/C16H16FN3/c1-11-8-13(10-18)9-16(19-11)20(3)12(2)14-6-4-5-7-15(14)17/h4-9,12H,1-3H3. The van der Waals surface area contributed by atoms with Crippen LogP contribution < -0.4 is 4.90 Å². The highest BCUT2D eigenvalue weighted by atomic mass is 19.1. The summed E-state index contributed by atoms with van der Waals surface area (Å²) < 4.78 is 13.8. The molecule has 0 aliphatic carbocycles. The van der Waals surface area contributed by atoms with Crippen molar-refractivity contribution in [2.24, 2.45) is 0 Å². The van der Waals surface area contributed by atoms with Gasteiger partial charge in [-0.2, -0.15) is 5.26 Å². The molecule has 2 rings (SSSR count). The summed E-state index contributed by atoms with van der Waals surface area (Å²) in [6.45, 7) is 3.75. The van der Waals surface area contributed by atoms with Crippen LogP contribution in [0, 0.1) is 24.1 Å². The van der Waals surface area contributed by atoms with Crippen LogP contribution in [0.2, 0.25) is 0 Å². The molecule has 4 heteroatoms. The Morgan fingerprint density at radius 1 is 1.30 bits per heavy atom. The van der Waals surface area contributed by atoms with Crippen molar-refractivity contribution < 1.29 is 4.39 Å². The molecule has 20 heavy (non-hydrogen) atoms. The minimum atomic E-state index is -0.236. The van der Waals surface area contributed by atoms with Crippen LogP contribution in [0.25, 0.3) is 0 Å². The van der Waals surface area contributed by atoms with Gasteiger partial charge in [0, 0.05) is 18.3 Å². The van der Waals surface area contributed by atoms with Gasteiger partial charge in [0.2, 0.25) is 0 Å². The smallest absolute Gasteiger partial charge is 0.130 e. The lowest BCUT2D eigenvalue weighted by Crippen LogP contribution is -2.23. The van der Waals surface area contributed by atoms with Gasteiger partial charge < -0.3 is 4.90 Å². The third-order valence-electron chi connectivity index (χ3n) is 3.37. The quantitative estimate of drug-likeness (QED) is 0.854. The topological polar surface area (TPSA) is 39.9 Å². The number of halogens is 1. The predicted octanol–water partition coefficient (Wildman–Crippen LogP) is 3.60. The van der Waals surface area contributed by atoms with Crippen LogP contribution in [0.4, 0.5) is 10.2 Å². The van der Waals surface area contributed by atoms with Crippen molar-refractivity contribution in [3.8, 4) is 6.07 Å². The van der Waals surface area contributed by atoms with Crippen LogP contribution in [0.1, 0.15) is 29.8 Å². The fourth-order valence-electron chi connectivity index (χ4n) is 2.12. The predicted molar refractivity (Wildman–Crippen MR) is 76.9 cm³/mol. The van der Waals surface area contributed by atoms with E-state index in [4.69, 9.17) is 5.26 Å². The summed E-state index contributed by atoms with van der Waals surface area (Å²) in [6.07, 6.45) is 0. The van der Waals surface area contributed by atoms with Gasteiger partial charge in [0.25, 0.3) is 0 Å². The maximum absolute atomic E-state index is 13.8. The van der Waals surface area contributed by atoms with Gasteiger partial charge in [0.15, 0.2) is 0 Å². The average Bonchev–Trinajstić information content (AvgIpc) is 2.45. The number of aryl methyl sites for hydroxylation is 1. The van der Waals surface area contributed by atoms with Crippen LogP contribution >= 0.6 is 0 Å². The molecule has 2 aromatic rings. The fraction of sp³-hybridized carbons (Fsp3) is 0.250. The van der Waals surface area contributed by atoms with E-state index in [-0.39, 0.29) is 11.9 Å². The number of hydrogen-bond acceptors (Lipinski definition) is 3. The zero-order chi connectivity index (χ0) is 14.7. The zero-order valence-corrected chi connectivity index (χ0v) is 11.8. The number of nitrogens with zero attached hydrogens (tertiary/aromatic N) is 3. The van der Waals surface area contributed by atoms with Crippen LogP contribution in [-0.2, 0) is 0 Å². The van der Waals surface area contributed by atoms with Crippen molar-refractivity contribution in [1.82, 2.24) is 4.98 Å². The Bertz CT molecular complexity index is 661. The molecular weight excluding hydrogens is 253 g/mol. The lowest BCUT2D eigenvalue weighted by atomic mass is 10.1. The molecule has 0 aliphatic rings. The third-order valence-corrected chi connectivity index (χ3v) is 3.37. The number of anilines is 1. The van der Waals surface area contributed by atoms with E-state index in [1.807, 2.05) is 31.9 Å².